The van der Waals surface area contributed by atoms with E-state index in [1.807, 2.05) is 26.8 Å². The fourth-order valence-corrected chi connectivity index (χ4v) is 4.92. The summed E-state index contributed by atoms with van der Waals surface area (Å²) >= 11 is 0. The largest absolute Gasteiger partial charge is 0.397 e. The second kappa shape index (κ2) is 5.87. The lowest BCUT2D eigenvalue weighted by molar-refractivity contribution is 0.190. The van der Waals surface area contributed by atoms with Gasteiger partial charge >= 0.3 is 0 Å². The van der Waals surface area contributed by atoms with Crippen molar-refractivity contribution in [1.82, 2.24) is 0 Å². The molecule has 23 heavy (non-hydrogen) atoms. The molecule has 0 bridgehead atoms. The molecule has 0 radical (unpaired) electrons. The molecule has 1 atom stereocenters. The highest BCUT2D eigenvalue weighted by atomic mass is 32.2. The predicted molar refractivity (Wildman–Crippen MR) is 95.4 cm³/mol. The molecule has 0 fully saturated rings. The maximum absolute atomic E-state index is 12.9. The third-order valence-electron chi connectivity index (χ3n) is 4.25. The molecule has 0 unspecified atom stereocenters. The first-order valence-corrected chi connectivity index (χ1v) is 9.21. The minimum atomic E-state index is -3.47. The van der Waals surface area contributed by atoms with Crippen molar-refractivity contribution in [1.29, 1.82) is 0 Å². The number of hydrogen-bond acceptors (Lipinski definition) is 5. The quantitative estimate of drug-likeness (QED) is 0.804. The third-order valence-corrected chi connectivity index (χ3v) is 6.89. The molecule has 1 aliphatic heterocycles. The Kier molecular flexibility index (Phi) is 4.56. The van der Waals surface area contributed by atoms with Gasteiger partial charge in [0.05, 0.1) is 23.7 Å². The van der Waals surface area contributed by atoms with E-state index in [1.54, 1.807) is 27.0 Å². The number of nitrogens with one attached hydrogen (secondary N) is 1. The van der Waals surface area contributed by atoms with Gasteiger partial charge in [-0.05, 0) is 46.8 Å². The van der Waals surface area contributed by atoms with E-state index in [4.69, 9.17) is 10.5 Å². The van der Waals surface area contributed by atoms with Gasteiger partial charge in [-0.25, -0.2) is 8.42 Å². The van der Waals surface area contributed by atoms with E-state index >= 15 is 0 Å². The fraction of sp³-hybridized carbons (Fsp3) is 0.625. The molecule has 1 aromatic rings. The van der Waals surface area contributed by atoms with Gasteiger partial charge < -0.3 is 15.8 Å². The van der Waals surface area contributed by atoms with Crippen LogP contribution in [-0.2, 0) is 19.5 Å². The number of nitrogens with two attached hydrogens (primary N) is 1. The highest BCUT2D eigenvalue weighted by molar-refractivity contribution is 7.94. The average molecular weight is 341 g/mol. The molecule has 0 aromatic heterocycles. The molecule has 0 saturated heterocycles. The van der Waals surface area contributed by atoms with Gasteiger partial charge in [-0.2, -0.15) is 0 Å². The first-order valence-electron chi connectivity index (χ1n) is 7.77. The van der Waals surface area contributed by atoms with Crippen molar-refractivity contribution in [2.45, 2.75) is 51.4 Å². The van der Waals surface area contributed by atoms with Gasteiger partial charge in [0.15, 0.2) is 0 Å². The first kappa shape index (κ1) is 17.9. The molecule has 0 aliphatic carbocycles. The van der Waals surface area contributed by atoms with E-state index < -0.39 is 14.8 Å². The molecule has 0 saturated carbocycles. The number of nitrogens with zero attached hydrogens (tertiary/aromatic N) is 1. The van der Waals surface area contributed by atoms with Gasteiger partial charge in [-0.15, -0.1) is 0 Å². The second-order valence-corrected chi connectivity index (χ2v) is 9.23. The van der Waals surface area contributed by atoms with Crippen molar-refractivity contribution in [3.63, 3.8) is 0 Å². The van der Waals surface area contributed by atoms with Crippen LogP contribution in [0.3, 0.4) is 0 Å². The molecular weight excluding hydrogens is 314 g/mol. The summed E-state index contributed by atoms with van der Waals surface area (Å²) in [5.41, 5.74) is 8.87. The molecule has 2 rings (SSSR count). The lowest BCUT2D eigenvalue weighted by Gasteiger charge is -2.26. The van der Waals surface area contributed by atoms with Crippen LogP contribution in [0.4, 0.5) is 17.1 Å². The van der Waals surface area contributed by atoms with E-state index in [1.165, 1.54) is 4.31 Å². The van der Waals surface area contributed by atoms with Crippen LogP contribution in [0.15, 0.2) is 12.1 Å². The summed E-state index contributed by atoms with van der Waals surface area (Å²) in [7, 11) is -1.83. The van der Waals surface area contributed by atoms with Gasteiger partial charge in [0, 0.05) is 24.8 Å². The smallest absolute Gasteiger partial charge is 0.244 e. The van der Waals surface area contributed by atoms with Crippen molar-refractivity contribution in [3.05, 3.63) is 17.7 Å². The van der Waals surface area contributed by atoms with Crippen molar-refractivity contribution in [2.75, 3.05) is 29.1 Å². The molecule has 0 spiro atoms. The Morgan fingerprint density at radius 2 is 1.91 bits per heavy atom. The Hall–Kier alpha value is -1.47. The van der Waals surface area contributed by atoms with Crippen LogP contribution in [-0.4, -0.2) is 34.2 Å². The summed E-state index contributed by atoms with van der Waals surface area (Å²) in [4.78, 5) is 0. The second-order valence-electron chi connectivity index (χ2n) is 6.86. The number of methoxy groups -OCH3 is 1. The average Bonchev–Trinajstić information content (AvgIpc) is 2.55. The zero-order valence-electron chi connectivity index (χ0n) is 14.7. The molecule has 1 aliphatic rings. The normalized spacial score (nSPS) is 19.7. The maximum Gasteiger partial charge on any atom is 0.244 e. The lowest BCUT2D eigenvalue weighted by Crippen LogP contribution is -2.39. The van der Waals surface area contributed by atoms with Crippen LogP contribution < -0.4 is 15.4 Å². The molecule has 130 valence electrons. The number of anilines is 3. The zero-order valence-corrected chi connectivity index (χ0v) is 15.5. The Bertz CT molecular complexity index is 699. The number of rotatable bonds is 5. The highest BCUT2D eigenvalue weighted by Crippen LogP contribution is 2.50. The highest BCUT2D eigenvalue weighted by Gasteiger charge is 2.50. The number of ether oxygens (including phenoxy) is 1. The van der Waals surface area contributed by atoms with Crippen molar-refractivity contribution in [3.8, 4) is 0 Å². The topological polar surface area (TPSA) is 84.7 Å². The summed E-state index contributed by atoms with van der Waals surface area (Å²) < 4.78 is 31.4. The predicted octanol–water partition coefficient (Wildman–Crippen LogP) is 2.51. The Morgan fingerprint density at radius 3 is 2.43 bits per heavy atom. The van der Waals surface area contributed by atoms with Crippen molar-refractivity contribution >= 4 is 27.1 Å². The van der Waals surface area contributed by atoms with Crippen LogP contribution in [0.1, 0.15) is 40.2 Å². The number of nitrogen functional groups attached to an aromatic ring is 1. The van der Waals surface area contributed by atoms with E-state index in [0.29, 0.717) is 18.0 Å². The first-order chi connectivity index (χ1) is 10.5. The number of sulfonamides is 1. The summed E-state index contributed by atoms with van der Waals surface area (Å²) in [6.45, 7) is 9.72. The monoisotopic (exact) mass is 341 g/mol. The molecule has 0 amide bonds. The number of fused-ring (bicyclic) bond motifs is 1. The van der Waals surface area contributed by atoms with Gasteiger partial charge in [0.1, 0.15) is 4.75 Å². The van der Waals surface area contributed by atoms with E-state index in [-0.39, 0.29) is 12.1 Å². The maximum atomic E-state index is 12.9. The molecule has 3 N–H and O–H groups in total. The zero-order chi connectivity index (χ0) is 17.6. The van der Waals surface area contributed by atoms with Crippen LogP contribution in [0.5, 0.6) is 0 Å². The molecule has 6 nitrogen and oxygen atoms in total. The minimum Gasteiger partial charge on any atom is -0.397 e. The van der Waals surface area contributed by atoms with Crippen molar-refractivity contribution < 1.29 is 13.2 Å². The molecular formula is C16H27N3O3S. The fourth-order valence-electron chi connectivity index (χ4n) is 3.02. The summed E-state index contributed by atoms with van der Waals surface area (Å²) in [5.74, 6) is 0. The van der Waals surface area contributed by atoms with Crippen LogP contribution in [0, 0.1) is 0 Å². The van der Waals surface area contributed by atoms with Crippen LogP contribution in [0.2, 0.25) is 0 Å². The van der Waals surface area contributed by atoms with Gasteiger partial charge in [0.25, 0.3) is 0 Å². The molecule has 1 aromatic carbocycles. The standard InChI is InChI=1S/C16H27N3O3S/c1-10(2)19-15-8-14(18-11(3)9-22-6)13(17)7-12(15)16(4,5)23(19,20)21/h7-8,10-11,18H,9,17H2,1-6H3/t11-/m0/s1. The summed E-state index contributed by atoms with van der Waals surface area (Å²) in [5, 5.41) is 3.28. The van der Waals surface area contributed by atoms with Crippen LogP contribution >= 0.6 is 0 Å². The number of benzene rings is 1. The van der Waals surface area contributed by atoms with E-state index in [0.717, 1.165) is 11.3 Å². The third kappa shape index (κ3) is 2.76. The lowest BCUT2D eigenvalue weighted by atomic mass is 9.98. The number of hydrogen-bond donors (Lipinski definition) is 2. The van der Waals surface area contributed by atoms with E-state index in [9.17, 15) is 8.42 Å². The van der Waals surface area contributed by atoms with Crippen LogP contribution in [0.25, 0.3) is 0 Å². The molecule has 1 heterocycles. The Morgan fingerprint density at radius 1 is 1.30 bits per heavy atom. The summed E-state index contributed by atoms with van der Waals surface area (Å²) in [6, 6.07) is 3.52. The molecule has 7 heteroatoms. The van der Waals surface area contributed by atoms with Gasteiger partial charge in [-0.3, -0.25) is 4.31 Å². The van der Waals surface area contributed by atoms with E-state index in [2.05, 4.69) is 5.32 Å². The Labute approximate surface area is 139 Å². The van der Waals surface area contributed by atoms with Gasteiger partial charge in [-0.1, -0.05) is 0 Å². The van der Waals surface area contributed by atoms with Gasteiger partial charge in [0.2, 0.25) is 10.0 Å². The minimum absolute atomic E-state index is 0.0684. The Balaban J connectivity index is 2.57. The summed E-state index contributed by atoms with van der Waals surface area (Å²) in [6.07, 6.45) is 0. The SMILES string of the molecule is COC[C@H](C)Nc1cc2c(cc1N)C(C)(C)S(=O)(=O)N2C(C)C. The van der Waals surface area contributed by atoms with Crippen molar-refractivity contribution in [2.24, 2.45) is 0 Å².